The van der Waals surface area contributed by atoms with Crippen LogP contribution >= 0.6 is 12.4 Å². The van der Waals surface area contributed by atoms with Crippen molar-refractivity contribution < 1.29 is 9.53 Å². The normalized spacial score (nSPS) is 16.7. The fourth-order valence-corrected chi connectivity index (χ4v) is 2.53. The molecule has 1 amide bonds. The molecule has 21 heavy (non-hydrogen) atoms. The maximum Gasteiger partial charge on any atom is 0.222 e. The van der Waals surface area contributed by atoms with Crippen LogP contribution in [0.1, 0.15) is 59.3 Å². The van der Waals surface area contributed by atoms with Gasteiger partial charge in [-0.25, -0.2) is 0 Å². The Hall–Kier alpha value is -0.320. The van der Waals surface area contributed by atoms with Crippen LogP contribution in [0.3, 0.4) is 0 Å². The number of carbonyl (C=O) groups is 1. The molecule has 126 valence electrons. The molecule has 4 nitrogen and oxygen atoms in total. The molecule has 0 spiro atoms. The van der Waals surface area contributed by atoms with Gasteiger partial charge in [0.05, 0.1) is 6.10 Å². The van der Waals surface area contributed by atoms with Gasteiger partial charge < -0.3 is 15.4 Å². The molecule has 1 aliphatic heterocycles. The Bertz CT molecular complexity index is 284. The molecule has 0 aliphatic carbocycles. The Morgan fingerprint density at radius 3 is 2.38 bits per heavy atom. The van der Waals surface area contributed by atoms with Gasteiger partial charge in [0.2, 0.25) is 5.91 Å². The SMILES string of the molecule is CC(C)(C)CCCC(=O)N1CCC(OCCCN)CC1.Cl. The number of hydrogen-bond acceptors (Lipinski definition) is 3. The van der Waals surface area contributed by atoms with E-state index >= 15 is 0 Å². The quantitative estimate of drug-likeness (QED) is 0.734. The van der Waals surface area contributed by atoms with Crippen molar-refractivity contribution >= 4 is 18.3 Å². The number of carbonyl (C=O) groups excluding carboxylic acids is 1. The van der Waals surface area contributed by atoms with Gasteiger partial charge >= 0.3 is 0 Å². The standard InChI is InChI=1S/C16H32N2O2.ClH/c1-16(2,3)9-4-6-15(19)18-11-7-14(8-12-18)20-13-5-10-17;/h14H,4-13,17H2,1-3H3;1H. The van der Waals surface area contributed by atoms with Gasteiger partial charge in [-0.1, -0.05) is 20.8 Å². The number of amides is 1. The molecule has 0 radical (unpaired) electrons. The largest absolute Gasteiger partial charge is 0.378 e. The molecular weight excluding hydrogens is 288 g/mol. The molecule has 1 heterocycles. The summed E-state index contributed by atoms with van der Waals surface area (Å²) in [5, 5.41) is 0. The molecule has 0 aromatic heterocycles. The van der Waals surface area contributed by atoms with Gasteiger partial charge in [0.25, 0.3) is 0 Å². The first-order valence-corrected chi connectivity index (χ1v) is 8.02. The molecular formula is C16H33ClN2O2. The number of nitrogens with zero attached hydrogens (tertiary/aromatic N) is 1. The minimum absolute atomic E-state index is 0. The molecule has 0 atom stereocenters. The maximum absolute atomic E-state index is 12.1. The van der Waals surface area contributed by atoms with Gasteiger partial charge in [-0.2, -0.15) is 0 Å². The summed E-state index contributed by atoms with van der Waals surface area (Å²) >= 11 is 0. The third-order valence-electron chi connectivity index (χ3n) is 3.81. The Kier molecular flexibility index (Phi) is 10.3. The highest BCUT2D eigenvalue weighted by molar-refractivity contribution is 5.85. The molecule has 1 saturated heterocycles. The highest BCUT2D eigenvalue weighted by Gasteiger charge is 2.23. The van der Waals surface area contributed by atoms with Crippen molar-refractivity contribution in [2.45, 2.75) is 65.4 Å². The molecule has 0 saturated carbocycles. The second-order valence-electron chi connectivity index (χ2n) is 7.01. The van der Waals surface area contributed by atoms with Crippen molar-refractivity contribution in [2.75, 3.05) is 26.2 Å². The fourth-order valence-electron chi connectivity index (χ4n) is 2.53. The average Bonchev–Trinajstić information content (AvgIpc) is 2.38. The van der Waals surface area contributed by atoms with Crippen LogP contribution in [0.25, 0.3) is 0 Å². The van der Waals surface area contributed by atoms with Crippen molar-refractivity contribution in [3.63, 3.8) is 0 Å². The van der Waals surface area contributed by atoms with Crippen molar-refractivity contribution in [3.05, 3.63) is 0 Å². The lowest BCUT2D eigenvalue weighted by atomic mass is 9.90. The lowest BCUT2D eigenvalue weighted by molar-refractivity contribution is -0.134. The van der Waals surface area contributed by atoms with Gasteiger partial charge in [-0.3, -0.25) is 4.79 Å². The fraction of sp³-hybridized carbons (Fsp3) is 0.938. The monoisotopic (exact) mass is 320 g/mol. The highest BCUT2D eigenvalue weighted by Crippen LogP contribution is 2.22. The number of hydrogen-bond donors (Lipinski definition) is 1. The molecule has 5 heteroatoms. The van der Waals surface area contributed by atoms with Gasteiger partial charge in [0.1, 0.15) is 0 Å². The van der Waals surface area contributed by atoms with Crippen LogP contribution in [0.4, 0.5) is 0 Å². The van der Waals surface area contributed by atoms with Crippen LogP contribution < -0.4 is 5.73 Å². The molecule has 0 bridgehead atoms. The van der Waals surface area contributed by atoms with Gasteiger partial charge in [0, 0.05) is 26.1 Å². The smallest absolute Gasteiger partial charge is 0.222 e. The topological polar surface area (TPSA) is 55.6 Å². The number of nitrogens with two attached hydrogens (primary N) is 1. The lowest BCUT2D eigenvalue weighted by Crippen LogP contribution is -2.41. The number of likely N-dealkylation sites (tertiary alicyclic amines) is 1. The van der Waals surface area contributed by atoms with Crippen LogP contribution in [-0.4, -0.2) is 43.2 Å². The van der Waals surface area contributed by atoms with Gasteiger partial charge in [-0.05, 0) is 44.1 Å². The summed E-state index contributed by atoms with van der Waals surface area (Å²) in [7, 11) is 0. The van der Waals surface area contributed by atoms with Crippen LogP contribution in [0.5, 0.6) is 0 Å². The Morgan fingerprint density at radius 1 is 1.24 bits per heavy atom. The van der Waals surface area contributed by atoms with Crippen molar-refractivity contribution in [1.29, 1.82) is 0 Å². The molecule has 0 aromatic rings. The summed E-state index contributed by atoms with van der Waals surface area (Å²) in [6.07, 6.45) is 5.97. The summed E-state index contributed by atoms with van der Waals surface area (Å²) in [5.41, 5.74) is 5.77. The predicted octanol–water partition coefficient (Wildman–Crippen LogP) is 2.98. The van der Waals surface area contributed by atoms with Crippen LogP contribution in [0.15, 0.2) is 0 Å². The molecule has 2 N–H and O–H groups in total. The first kappa shape index (κ1) is 20.7. The summed E-state index contributed by atoms with van der Waals surface area (Å²) in [6, 6.07) is 0. The highest BCUT2D eigenvalue weighted by atomic mass is 35.5. The summed E-state index contributed by atoms with van der Waals surface area (Å²) in [5.74, 6) is 0.314. The number of ether oxygens (including phenoxy) is 1. The number of halogens is 1. The second kappa shape index (κ2) is 10.4. The summed E-state index contributed by atoms with van der Waals surface area (Å²) in [4.78, 5) is 14.1. The van der Waals surface area contributed by atoms with Gasteiger partial charge in [0.15, 0.2) is 0 Å². The number of rotatable bonds is 7. The molecule has 0 aromatic carbocycles. The zero-order valence-corrected chi connectivity index (χ0v) is 14.7. The number of piperidine rings is 1. The Morgan fingerprint density at radius 2 is 1.86 bits per heavy atom. The molecule has 1 fully saturated rings. The first-order valence-electron chi connectivity index (χ1n) is 8.02. The van der Waals surface area contributed by atoms with E-state index in [1.54, 1.807) is 0 Å². The van der Waals surface area contributed by atoms with E-state index in [1.807, 2.05) is 4.90 Å². The van der Waals surface area contributed by atoms with E-state index in [4.69, 9.17) is 10.5 Å². The van der Waals surface area contributed by atoms with Crippen molar-refractivity contribution in [2.24, 2.45) is 11.1 Å². The average molecular weight is 321 g/mol. The summed E-state index contributed by atoms with van der Waals surface area (Å²) < 4.78 is 5.76. The van der Waals surface area contributed by atoms with Crippen LogP contribution in [-0.2, 0) is 9.53 Å². The third-order valence-corrected chi connectivity index (χ3v) is 3.81. The lowest BCUT2D eigenvalue weighted by Gasteiger charge is -2.32. The van der Waals surface area contributed by atoms with Gasteiger partial charge in [-0.15, -0.1) is 12.4 Å². The predicted molar refractivity (Wildman–Crippen MR) is 89.8 cm³/mol. The zero-order valence-electron chi connectivity index (χ0n) is 13.9. The van der Waals surface area contributed by atoms with E-state index < -0.39 is 0 Å². The first-order chi connectivity index (χ1) is 9.42. The van der Waals surface area contributed by atoms with E-state index in [0.717, 1.165) is 51.8 Å². The van der Waals surface area contributed by atoms with E-state index in [0.29, 0.717) is 30.4 Å². The second-order valence-corrected chi connectivity index (χ2v) is 7.01. The van der Waals surface area contributed by atoms with Crippen LogP contribution in [0, 0.1) is 5.41 Å². The molecule has 1 rings (SSSR count). The zero-order chi connectivity index (χ0) is 15.0. The van der Waals surface area contributed by atoms with Crippen LogP contribution in [0.2, 0.25) is 0 Å². The summed E-state index contributed by atoms with van der Waals surface area (Å²) in [6.45, 7) is 9.81. The molecule has 0 unspecified atom stereocenters. The molecule has 1 aliphatic rings. The Balaban J connectivity index is 0.00000400. The minimum Gasteiger partial charge on any atom is -0.378 e. The van der Waals surface area contributed by atoms with E-state index in [1.165, 1.54) is 0 Å². The van der Waals surface area contributed by atoms with E-state index in [-0.39, 0.29) is 12.4 Å². The van der Waals surface area contributed by atoms with Crippen molar-refractivity contribution in [1.82, 2.24) is 4.90 Å². The van der Waals surface area contributed by atoms with Crippen molar-refractivity contribution in [3.8, 4) is 0 Å². The van der Waals surface area contributed by atoms with E-state index in [9.17, 15) is 4.79 Å². The minimum atomic E-state index is 0. The third kappa shape index (κ3) is 9.33. The van der Waals surface area contributed by atoms with E-state index in [2.05, 4.69) is 20.8 Å². The Labute approximate surface area is 136 Å². The maximum atomic E-state index is 12.1.